The molecule has 0 unspecified atom stereocenters. The molecule has 0 saturated heterocycles. The topological polar surface area (TPSA) is 17.1 Å². The third-order valence-corrected chi connectivity index (χ3v) is 3.45. The molecule has 2 aromatic carbocycles. The lowest BCUT2D eigenvalue weighted by molar-refractivity contribution is 0.104. The highest BCUT2D eigenvalue weighted by Gasteiger charge is 2.26. The maximum atomic E-state index is 12.3. The molecule has 17 heavy (non-hydrogen) atoms. The van der Waals surface area contributed by atoms with Gasteiger partial charge in [-0.25, -0.2) is 0 Å². The quantitative estimate of drug-likeness (QED) is 0.612. The molecule has 0 amide bonds. The van der Waals surface area contributed by atoms with Crippen LogP contribution in [-0.2, 0) is 6.42 Å². The van der Waals surface area contributed by atoms with Crippen molar-refractivity contribution in [3.63, 3.8) is 0 Å². The van der Waals surface area contributed by atoms with Crippen molar-refractivity contribution in [2.45, 2.75) is 20.3 Å². The summed E-state index contributed by atoms with van der Waals surface area (Å²) in [5.74, 6) is 0.172. The number of hydrogen-bond acceptors (Lipinski definition) is 1. The van der Waals surface area contributed by atoms with Gasteiger partial charge in [-0.2, -0.15) is 0 Å². The SMILES string of the molecule is CCc1ccc2c(c1)C(=O)c1ccc(C)cc1-2. The molecule has 0 aromatic heterocycles. The van der Waals surface area contributed by atoms with Crippen LogP contribution in [0, 0.1) is 6.92 Å². The van der Waals surface area contributed by atoms with Crippen LogP contribution in [0.1, 0.15) is 34.0 Å². The molecule has 2 aromatic rings. The molecule has 1 heteroatoms. The third kappa shape index (κ3) is 1.42. The Balaban J connectivity index is 2.28. The van der Waals surface area contributed by atoms with Gasteiger partial charge >= 0.3 is 0 Å². The Bertz CT molecular complexity index is 623. The van der Waals surface area contributed by atoms with Crippen molar-refractivity contribution in [1.82, 2.24) is 0 Å². The molecule has 0 aliphatic heterocycles. The van der Waals surface area contributed by atoms with Crippen LogP contribution < -0.4 is 0 Å². The standard InChI is InChI=1S/C16H14O/c1-3-11-5-7-12-14-8-10(2)4-6-13(14)16(17)15(12)9-11/h4-9H,3H2,1-2H3. The van der Waals surface area contributed by atoms with Gasteiger partial charge in [0.15, 0.2) is 5.78 Å². The fourth-order valence-electron chi connectivity index (χ4n) is 2.46. The first-order valence-corrected chi connectivity index (χ1v) is 5.99. The predicted molar refractivity (Wildman–Crippen MR) is 69.4 cm³/mol. The second kappa shape index (κ2) is 3.56. The van der Waals surface area contributed by atoms with E-state index in [0.717, 1.165) is 28.7 Å². The zero-order valence-electron chi connectivity index (χ0n) is 10.1. The fourth-order valence-corrected chi connectivity index (χ4v) is 2.46. The van der Waals surface area contributed by atoms with Gasteiger partial charge in [-0.15, -0.1) is 0 Å². The van der Waals surface area contributed by atoms with E-state index in [0.29, 0.717) is 0 Å². The van der Waals surface area contributed by atoms with Gasteiger partial charge in [0.25, 0.3) is 0 Å². The smallest absolute Gasteiger partial charge is 0.194 e. The van der Waals surface area contributed by atoms with E-state index >= 15 is 0 Å². The number of fused-ring (bicyclic) bond motifs is 3. The van der Waals surface area contributed by atoms with Crippen molar-refractivity contribution >= 4 is 5.78 Å². The molecular formula is C16H14O. The van der Waals surface area contributed by atoms with Gasteiger partial charge in [-0.3, -0.25) is 4.79 Å². The van der Waals surface area contributed by atoms with Gasteiger partial charge in [-0.05, 0) is 36.1 Å². The molecule has 0 bridgehead atoms. The number of rotatable bonds is 1. The minimum Gasteiger partial charge on any atom is -0.289 e. The van der Waals surface area contributed by atoms with Crippen molar-refractivity contribution in [1.29, 1.82) is 0 Å². The largest absolute Gasteiger partial charge is 0.289 e. The molecule has 0 fully saturated rings. The molecule has 84 valence electrons. The van der Waals surface area contributed by atoms with E-state index in [4.69, 9.17) is 0 Å². The van der Waals surface area contributed by atoms with E-state index in [1.807, 2.05) is 18.2 Å². The predicted octanol–water partition coefficient (Wildman–Crippen LogP) is 3.77. The molecule has 3 rings (SSSR count). The number of carbonyl (C=O) groups excluding carboxylic acids is 1. The average Bonchev–Trinajstić information content (AvgIpc) is 2.62. The highest BCUT2D eigenvalue weighted by Crippen LogP contribution is 2.37. The third-order valence-electron chi connectivity index (χ3n) is 3.45. The Hall–Kier alpha value is -1.89. The van der Waals surface area contributed by atoms with Crippen molar-refractivity contribution in [2.75, 3.05) is 0 Å². The maximum absolute atomic E-state index is 12.3. The summed E-state index contributed by atoms with van der Waals surface area (Å²) in [6.07, 6.45) is 0.968. The summed E-state index contributed by atoms with van der Waals surface area (Å²) in [4.78, 5) is 12.3. The van der Waals surface area contributed by atoms with Gasteiger partial charge in [0, 0.05) is 11.1 Å². The summed E-state index contributed by atoms with van der Waals surface area (Å²) >= 11 is 0. The van der Waals surface area contributed by atoms with Gasteiger partial charge in [0.2, 0.25) is 0 Å². The van der Waals surface area contributed by atoms with Crippen LogP contribution in [-0.4, -0.2) is 5.78 Å². The second-order valence-corrected chi connectivity index (χ2v) is 4.61. The van der Waals surface area contributed by atoms with E-state index in [-0.39, 0.29) is 5.78 Å². The number of aryl methyl sites for hydroxylation is 2. The molecule has 0 atom stereocenters. The van der Waals surface area contributed by atoms with Gasteiger partial charge in [0.1, 0.15) is 0 Å². The summed E-state index contributed by atoms with van der Waals surface area (Å²) in [6.45, 7) is 4.17. The van der Waals surface area contributed by atoms with Crippen molar-refractivity contribution in [3.8, 4) is 11.1 Å². The summed E-state index contributed by atoms with van der Waals surface area (Å²) in [7, 11) is 0. The Morgan fingerprint density at radius 1 is 0.882 bits per heavy atom. The number of hydrogen-bond donors (Lipinski definition) is 0. The summed E-state index contributed by atoms with van der Waals surface area (Å²) in [5.41, 5.74) is 6.31. The van der Waals surface area contributed by atoms with Crippen LogP contribution in [0.15, 0.2) is 36.4 Å². The highest BCUT2D eigenvalue weighted by atomic mass is 16.1. The van der Waals surface area contributed by atoms with Crippen molar-refractivity contribution < 1.29 is 4.79 Å². The first-order valence-electron chi connectivity index (χ1n) is 5.99. The van der Waals surface area contributed by atoms with Gasteiger partial charge in [0.05, 0.1) is 0 Å². The summed E-state index contributed by atoms with van der Waals surface area (Å²) in [5, 5.41) is 0. The van der Waals surface area contributed by atoms with Crippen LogP contribution in [0.3, 0.4) is 0 Å². The Labute approximate surface area is 101 Å². The van der Waals surface area contributed by atoms with E-state index < -0.39 is 0 Å². The van der Waals surface area contributed by atoms with Crippen LogP contribution >= 0.6 is 0 Å². The second-order valence-electron chi connectivity index (χ2n) is 4.61. The van der Waals surface area contributed by atoms with E-state index in [1.54, 1.807) is 0 Å². The molecule has 1 aliphatic rings. The molecule has 1 nitrogen and oxygen atoms in total. The molecular weight excluding hydrogens is 208 g/mol. The summed E-state index contributed by atoms with van der Waals surface area (Å²) in [6, 6.07) is 12.3. The highest BCUT2D eigenvalue weighted by molar-refractivity contribution is 6.21. The molecule has 0 N–H and O–H groups in total. The first kappa shape index (κ1) is 10.3. The number of ketones is 1. The van der Waals surface area contributed by atoms with E-state index in [2.05, 4.69) is 32.0 Å². The lowest BCUT2D eigenvalue weighted by Crippen LogP contribution is -1.95. The van der Waals surface area contributed by atoms with E-state index in [9.17, 15) is 4.79 Å². The van der Waals surface area contributed by atoms with Crippen molar-refractivity contribution in [2.24, 2.45) is 0 Å². The molecule has 1 aliphatic carbocycles. The van der Waals surface area contributed by atoms with Crippen LogP contribution in [0.25, 0.3) is 11.1 Å². The number of benzene rings is 2. The summed E-state index contributed by atoms with van der Waals surface area (Å²) < 4.78 is 0. The molecule has 0 radical (unpaired) electrons. The Kier molecular flexibility index (Phi) is 2.15. The Morgan fingerprint density at radius 2 is 1.65 bits per heavy atom. The van der Waals surface area contributed by atoms with Gasteiger partial charge in [-0.1, -0.05) is 42.8 Å². The minimum absolute atomic E-state index is 0.172. The van der Waals surface area contributed by atoms with Crippen LogP contribution in [0.5, 0.6) is 0 Å². The minimum atomic E-state index is 0.172. The molecule has 0 heterocycles. The first-order chi connectivity index (χ1) is 8.20. The number of carbonyl (C=O) groups is 1. The normalized spacial score (nSPS) is 12.5. The maximum Gasteiger partial charge on any atom is 0.194 e. The van der Waals surface area contributed by atoms with Crippen molar-refractivity contribution in [3.05, 3.63) is 58.7 Å². The zero-order chi connectivity index (χ0) is 12.0. The van der Waals surface area contributed by atoms with E-state index in [1.165, 1.54) is 11.1 Å². The van der Waals surface area contributed by atoms with Gasteiger partial charge < -0.3 is 0 Å². The average molecular weight is 222 g/mol. The monoisotopic (exact) mass is 222 g/mol. The Morgan fingerprint density at radius 3 is 2.41 bits per heavy atom. The lowest BCUT2D eigenvalue weighted by Gasteiger charge is -2.02. The zero-order valence-corrected chi connectivity index (χ0v) is 10.1. The van der Waals surface area contributed by atoms with Crippen LogP contribution in [0.2, 0.25) is 0 Å². The lowest BCUT2D eigenvalue weighted by atomic mass is 10.0. The molecule has 0 saturated carbocycles. The van der Waals surface area contributed by atoms with Crippen LogP contribution in [0.4, 0.5) is 0 Å². The fraction of sp³-hybridized carbons (Fsp3) is 0.188. The molecule has 0 spiro atoms.